The van der Waals surface area contributed by atoms with E-state index in [9.17, 15) is 0 Å². The number of ether oxygens (including phenoxy) is 1. The molecule has 118 valence electrons. The first-order valence-corrected chi connectivity index (χ1v) is 7.37. The zero-order chi connectivity index (χ0) is 15.2. The average Bonchev–Trinajstić information content (AvgIpc) is 3.00. The van der Waals surface area contributed by atoms with E-state index in [1.165, 1.54) is 0 Å². The number of aromatic nitrogens is 3. The zero-order valence-electron chi connectivity index (χ0n) is 13.0. The first kappa shape index (κ1) is 15.7. The van der Waals surface area contributed by atoms with E-state index in [4.69, 9.17) is 10.6 Å². The molecular weight excluding hydrogens is 270 g/mol. The molecule has 0 amide bonds. The van der Waals surface area contributed by atoms with Crippen LogP contribution in [-0.4, -0.2) is 47.8 Å². The number of hydrogen-bond donors (Lipinski definition) is 3. The van der Waals surface area contributed by atoms with Gasteiger partial charge in [-0.15, -0.1) is 0 Å². The highest BCUT2D eigenvalue weighted by atomic mass is 16.5. The predicted octanol–water partition coefficient (Wildman–Crippen LogP) is 0.840. The van der Waals surface area contributed by atoms with Gasteiger partial charge >= 0.3 is 0 Å². The van der Waals surface area contributed by atoms with Crippen molar-refractivity contribution in [3.8, 4) is 0 Å². The number of nitrogens with two attached hydrogens (primary N) is 1. The summed E-state index contributed by atoms with van der Waals surface area (Å²) in [5.41, 5.74) is 2.51. The third-order valence-electron chi connectivity index (χ3n) is 3.61. The minimum Gasteiger partial charge on any atom is -0.383 e. The van der Waals surface area contributed by atoms with E-state index in [1.807, 2.05) is 0 Å². The topological polar surface area (TPSA) is 101 Å². The largest absolute Gasteiger partial charge is 0.383 e. The lowest BCUT2D eigenvalue weighted by atomic mass is 10.1. The zero-order valence-corrected chi connectivity index (χ0v) is 13.0. The van der Waals surface area contributed by atoms with Crippen molar-refractivity contribution in [2.45, 2.75) is 32.7 Å². The van der Waals surface area contributed by atoms with E-state index in [-0.39, 0.29) is 6.04 Å². The molecule has 0 bridgehead atoms. The number of anilines is 3. The molecule has 0 spiro atoms. The van der Waals surface area contributed by atoms with E-state index in [0.717, 1.165) is 25.9 Å². The summed E-state index contributed by atoms with van der Waals surface area (Å²) in [7, 11) is 1.69. The van der Waals surface area contributed by atoms with Crippen LogP contribution in [0.25, 0.3) is 0 Å². The predicted molar refractivity (Wildman–Crippen MR) is 83.2 cm³/mol. The van der Waals surface area contributed by atoms with Crippen molar-refractivity contribution in [3.05, 3.63) is 0 Å². The summed E-state index contributed by atoms with van der Waals surface area (Å²) in [5.74, 6) is 7.41. The molecule has 1 aromatic heterocycles. The average molecular weight is 295 g/mol. The van der Waals surface area contributed by atoms with Crippen LogP contribution in [0.4, 0.5) is 17.8 Å². The first-order valence-electron chi connectivity index (χ1n) is 7.37. The minimum atomic E-state index is 0.134. The molecule has 0 radical (unpaired) electrons. The summed E-state index contributed by atoms with van der Waals surface area (Å²) in [6.07, 6.45) is 2.33. The quantitative estimate of drug-likeness (QED) is 0.502. The molecule has 21 heavy (non-hydrogen) atoms. The van der Waals surface area contributed by atoms with E-state index in [0.29, 0.717) is 30.4 Å². The van der Waals surface area contributed by atoms with Gasteiger partial charge in [-0.05, 0) is 18.8 Å². The van der Waals surface area contributed by atoms with Gasteiger partial charge in [0.05, 0.1) is 12.6 Å². The Morgan fingerprint density at radius 3 is 2.43 bits per heavy atom. The molecule has 1 unspecified atom stereocenters. The van der Waals surface area contributed by atoms with Crippen molar-refractivity contribution >= 4 is 17.8 Å². The number of hydrazine groups is 1. The summed E-state index contributed by atoms with van der Waals surface area (Å²) in [5, 5.41) is 3.31. The highest BCUT2D eigenvalue weighted by Crippen LogP contribution is 2.19. The summed E-state index contributed by atoms with van der Waals surface area (Å²) in [4.78, 5) is 15.3. The molecule has 4 N–H and O–H groups in total. The number of hydrogen-bond acceptors (Lipinski definition) is 8. The van der Waals surface area contributed by atoms with Gasteiger partial charge in [-0.1, -0.05) is 13.8 Å². The van der Waals surface area contributed by atoms with Crippen molar-refractivity contribution in [2.24, 2.45) is 11.8 Å². The third-order valence-corrected chi connectivity index (χ3v) is 3.61. The van der Waals surface area contributed by atoms with Gasteiger partial charge in [0.1, 0.15) is 0 Å². The van der Waals surface area contributed by atoms with E-state index in [1.54, 1.807) is 7.11 Å². The Balaban J connectivity index is 2.19. The summed E-state index contributed by atoms with van der Waals surface area (Å²) >= 11 is 0. The van der Waals surface area contributed by atoms with Gasteiger partial charge in [-0.2, -0.15) is 15.0 Å². The van der Waals surface area contributed by atoms with Crippen LogP contribution in [-0.2, 0) is 4.74 Å². The van der Waals surface area contributed by atoms with Crippen LogP contribution in [0.15, 0.2) is 0 Å². The number of nitrogen functional groups attached to an aromatic ring is 1. The minimum absolute atomic E-state index is 0.134. The second-order valence-corrected chi connectivity index (χ2v) is 5.57. The van der Waals surface area contributed by atoms with E-state index < -0.39 is 0 Å². The fourth-order valence-electron chi connectivity index (χ4n) is 2.30. The monoisotopic (exact) mass is 295 g/mol. The maximum absolute atomic E-state index is 5.46. The molecule has 1 aliphatic heterocycles. The molecule has 1 fully saturated rings. The number of rotatable bonds is 7. The fraction of sp³-hybridized carbons (Fsp3) is 0.769. The molecule has 8 heteroatoms. The fourth-order valence-corrected chi connectivity index (χ4v) is 2.30. The molecular formula is C13H25N7O. The van der Waals surface area contributed by atoms with Crippen molar-refractivity contribution in [3.63, 3.8) is 0 Å². The van der Waals surface area contributed by atoms with Crippen molar-refractivity contribution < 1.29 is 4.74 Å². The van der Waals surface area contributed by atoms with Crippen molar-refractivity contribution in [1.29, 1.82) is 0 Å². The van der Waals surface area contributed by atoms with E-state index in [2.05, 4.69) is 44.4 Å². The SMILES string of the molecule is COCC(Nc1nc(NN)nc(N2CCCC2)n1)C(C)C. The van der Waals surface area contributed by atoms with E-state index >= 15 is 0 Å². The first-order chi connectivity index (χ1) is 10.1. The molecule has 0 saturated carbocycles. The summed E-state index contributed by atoms with van der Waals surface area (Å²) in [6.45, 7) is 6.79. The summed E-state index contributed by atoms with van der Waals surface area (Å²) in [6, 6.07) is 0.134. The molecule has 1 saturated heterocycles. The van der Waals surface area contributed by atoms with Gasteiger partial charge in [0.2, 0.25) is 17.8 Å². The lowest BCUT2D eigenvalue weighted by Crippen LogP contribution is -2.32. The van der Waals surface area contributed by atoms with Gasteiger partial charge in [-0.3, -0.25) is 5.43 Å². The lowest BCUT2D eigenvalue weighted by molar-refractivity contribution is 0.171. The third kappa shape index (κ3) is 4.15. The van der Waals surface area contributed by atoms with Crippen LogP contribution in [0.3, 0.4) is 0 Å². The van der Waals surface area contributed by atoms with Crippen LogP contribution in [0.5, 0.6) is 0 Å². The van der Waals surface area contributed by atoms with Gasteiger partial charge in [-0.25, -0.2) is 5.84 Å². The maximum Gasteiger partial charge on any atom is 0.243 e. The number of nitrogens with zero attached hydrogens (tertiary/aromatic N) is 4. The molecule has 2 heterocycles. The molecule has 1 aliphatic rings. The van der Waals surface area contributed by atoms with Gasteiger partial charge in [0, 0.05) is 20.2 Å². The Morgan fingerprint density at radius 1 is 1.19 bits per heavy atom. The van der Waals surface area contributed by atoms with Gasteiger partial charge < -0.3 is 15.0 Å². The maximum atomic E-state index is 5.46. The lowest BCUT2D eigenvalue weighted by Gasteiger charge is -2.23. The Hall–Kier alpha value is -1.67. The molecule has 8 nitrogen and oxygen atoms in total. The van der Waals surface area contributed by atoms with Crippen LogP contribution in [0, 0.1) is 5.92 Å². The number of methoxy groups -OCH3 is 1. The second-order valence-electron chi connectivity index (χ2n) is 5.57. The molecule has 1 atom stereocenters. The highest BCUT2D eigenvalue weighted by molar-refractivity contribution is 5.44. The Kier molecular flexibility index (Phi) is 5.51. The Labute approximate surface area is 125 Å². The van der Waals surface area contributed by atoms with Crippen LogP contribution in [0.2, 0.25) is 0 Å². The van der Waals surface area contributed by atoms with Gasteiger partial charge in [0.15, 0.2) is 0 Å². The van der Waals surface area contributed by atoms with Crippen LogP contribution in [0.1, 0.15) is 26.7 Å². The molecule has 0 aromatic carbocycles. The highest BCUT2D eigenvalue weighted by Gasteiger charge is 2.19. The van der Waals surface area contributed by atoms with Crippen LogP contribution >= 0.6 is 0 Å². The molecule has 1 aromatic rings. The van der Waals surface area contributed by atoms with Crippen molar-refractivity contribution in [1.82, 2.24) is 15.0 Å². The van der Waals surface area contributed by atoms with Gasteiger partial charge in [0.25, 0.3) is 0 Å². The molecule has 2 rings (SSSR count). The Bertz CT molecular complexity index is 448. The summed E-state index contributed by atoms with van der Waals surface area (Å²) < 4.78 is 5.24. The Morgan fingerprint density at radius 2 is 1.86 bits per heavy atom. The smallest absolute Gasteiger partial charge is 0.243 e. The molecule has 0 aliphatic carbocycles. The van der Waals surface area contributed by atoms with Crippen molar-refractivity contribution in [2.75, 3.05) is 42.4 Å². The van der Waals surface area contributed by atoms with Crippen LogP contribution < -0.4 is 21.5 Å². The standard InChI is InChI=1S/C13H25N7O/c1-9(2)10(8-21-3)15-11-16-12(19-14)18-13(17-11)20-6-4-5-7-20/h9-10H,4-8,14H2,1-3H3,(H2,15,16,17,18,19). The second kappa shape index (κ2) is 7.37. The number of nitrogens with one attached hydrogen (secondary N) is 2. The normalized spacial score (nSPS) is 16.3.